The predicted molar refractivity (Wildman–Crippen MR) is 62.8 cm³/mol. The molecule has 2 aromatic heterocycles. The smallest absolute Gasteiger partial charge is 0.434 e. The Morgan fingerprint density at radius 1 is 1.35 bits per heavy atom. The Hall–Kier alpha value is -2.38. The van der Waals surface area contributed by atoms with E-state index in [9.17, 15) is 18.0 Å². The van der Waals surface area contributed by atoms with E-state index in [1.165, 1.54) is 12.3 Å². The van der Waals surface area contributed by atoms with Gasteiger partial charge in [0.2, 0.25) is 0 Å². The summed E-state index contributed by atoms with van der Waals surface area (Å²) in [6, 6.07) is 1.36. The van der Waals surface area contributed by atoms with Gasteiger partial charge in [-0.15, -0.1) is 0 Å². The van der Waals surface area contributed by atoms with Crippen molar-refractivity contribution in [3.05, 3.63) is 41.0 Å². The Morgan fingerprint density at radius 2 is 2.00 bits per heavy atom. The molecule has 0 saturated carbocycles. The number of nitrogens with zero attached hydrogens (tertiary/aromatic N) is 3. The summed E-state index contributed by atoms with van der Waals surface area (Å²) in [7, 11) is 0. The Morgan fingerprint density at radius 3 is 2.55 bits per heavy atom. The monoisotopic (exact) mass is 285 g/mol. The fraction of sp³-hybridized carbons (Fsp3) is 0.250. The second-order valence-electron chi connectivity index (χ2n) is 4.16. The number of halogens is 3. The third kappa shape index (κ3) is 2.24. The van der Waals surface area contributed by atoms with Gasteiger partial charge in [0, 0.05) is 11.9 Å². The highest BCUT2D eigenvalue weighted by Gasteiger charge is 2.40. The summed E-state index contributed by atoms with van der Waals surface area (Å²) >= 11 is 0. The van der Waals surface area contributed by atoms with E-state index in [4.69, 9.17) is 5.11 Å². The third-order valence-corrected chi connectivity index (χ3v) is 2.92. The quantitative estimate of drug-likeness (QED) is 0.921. The minimum Gasteiger partial charge on any atom is -0.478 e. The van der Waals surface area contributed by atoms with Crippen LogP contribution in [-0.2, 0) is 6.18 Å². The van der Waals surface area contributed by atoms with Gasteiger partial charge in [0.05, 0.1) is 11.9 Å². The third-order valence-electron chi connectivity index (χ3n) is 2.92. The van der Waals surface area contributed by atoms with E-state index in [0.29, 0.717) is 22.1 Å². The summed E-state index contributed by atoms with van der Waals surface area (Å²) in [5.74, 6) is -1.67. The lowest BCUT2D eigenvalue weighted by atomic mass is 10.1. The van der Waals surface area contributed by atoms with E-state index in [0.717, 1.165) is 0 Å². The van der Waals surface area contributed by atoms with Crippen LogP contribution in [0.3, 0.4) is 0 Å². The number of pyridine rings is 1. The number of hydrogen-bond acceptors (Lipinski definition) is 3. The normalized spacial score (nSPS) is 11.7. The Labute approximate surface area is 111 Å². The molecule has 0 fully saturated rings. The molecule has 0 unspecified atom stereocenters. The van der Waals surface area contributed by atoms with Crippen LogP contribution in [0, 0.1) is 13.8 Å². The number of aryl methyl sites for hydroxylation is 1. The summed E-state index contributed by atoms with van der Waals surface area (Å²) in [5, 5.41) is 12.4. The number of carboxylic acid groups (broad SMARTS) is 1. The van der Waals surface area contributed by atoms with Crippen LogP contribution in [0.5, 0.6) is 0 Å². The first kappa shape index (κ1) is 14.0. The van der Waals surface area contributed by atoms with Crippen LogP contribution < -0.4 is 0 Å². The molecule has 2 heterocycles. The molecule has 0 aromatic carbocycles. The molecular formula is C12H10F3N3O2. The fourth-order valence-electron chi connectivity index (χ4n) is 1.82. The SMILES string of the molecule is Cc1nccc(-n2ncc(C(=O)O)c2C(F)(F)F)c1C. The summed E-state index contributed by atoms with van der Waals surface area (Å²) in [4.78, 5) is 14.9. The minimum atomic E-state index is -4.83. The Bertz CT molecular complexity index is 677. The molecule has 2 rings (SSSR count). The average molecular weight is 285 g/mol. The molecule has 0 atom stereocenters. The molecule has 0 saturated heterocycles. The standard InChI is InChI=1S/C12H10F3N3O2/c1-6-7(2)16-4-3-9(6)18-10(12(13,14)15)8(5-17-18)11(19)20/h3-5H,1-2H3,(H,19,20). The van der Waals surface area contributed by atoms with Gasteiger partial charge >= 0.3 is 12.1 Å². The zero-order valence-electron chi connectivity index (χ0n) is 10.6. The zero-order chi connectivity index (χ0) is 15.1. The maximum absolute atomic E-state index is 13.1. The van der Waals surface area contributed by atoms with Gasteiger partial charge in [0.1, 0.15) is 5.56 Å². The summed E-state index contributed by atoms with van der Waals surface area (Å²) < 4.78 is 39.8. The van der Waals surface area contributed by atoms with Gasteiger partial charge < -0.3 is 5.11 Å². The number of aromatic carboxylic acids is 1. The highest BCUT2D eigenvalue weighted by atomic mass is 19.4. The van der Waals surface area contributed by atoms with Crippen molar-refractivity contribution < 1.29 is 23.1 Å². The van der Waals surface area contributed by atoms with Crippen molar-refractivity contribution in [3.63, 3.8) is 0 Å². The molecule has 2 aromatic rings. The first-order valence-electron chi connectivity index (χ1n) is 5.54. The van der Waals surface area contributed by atoms with Crippen molar-refractivity contribution in [2.45, 2.75) is 20.0 Å². The zero-order valence-corrected chi connectivity index (χ0v) is 10.6. The number of carboxylic acids is 1. The molecule has 0 amide bonds. The van der Waals surface area contributed by atoms with Crippen LogP contribution in [0.4, 0.5) is 13.2 Å². The van der Waals surface area contributed by atoms with Gasteiger partial charge in [-0.1, -0.05) is 0 Å². The Balaban J connectivity index is 2.76. The van der Waals surface area contributed by atoms with Crippen molar-refractivity contribution in [3.8, 4) is 5.69 Å². The predicted octanol–water partition coefficient (Wildman–Crippen LogP) is 2.60. The molecule has 20 heavy (non-hydrogen) atoms. The molecule has 0 bridgehead atoms. The van der Waals surface area contributed by atoms with Gasteiger partial charge in [-0.3, -0.25) is 4.98 Å². The van der Waals surface area contributed by atoms with Crippen molar-refractivity contribution in [2.75, 3.05) is 0 Å². The number of carbonyl (C=O) groups is 1. The van der Waals surface area contributed by atoms with Crippen LogP contribution in [0.2, 0.25) is 0 Å². The van der Waals surface area contributed by atoms with E-state index in [-0.39, 0.29) is 5.69 Å². The highest BCUT2D eigenvalue weighted by molar-refractivity contribution is 5.89. The van der Waals surface area contributed by atoms with Crippen molar-refractivity contribution >= 4 is 5.97 Å². The van der Waals surface area contributed by atoms with Gasteiger partial charge in [0.15, 0.2) is 5.69 Å². The van der Waals surface area contributed by atoms with Crippen LogP contribution in [-0.4, -0.2) is 25.8 Å². The van der Waals surface area contributed by atoms with Crippen molar-refractivity contribution in [1.82, 2.24) is 14.8 Å². The van der Waals surface area contributed by atoms with E-state index in [1.54, 1.807) is 13.8 Å². The molecule has 0 spiro atoms. The first-order chi connectivity index (χ1) is 9.23. The van der Waals surface area contributed by atoms with E-state index >= 15 is 0 Å². The van der Waals surface area contributed by atoms with Gasteiger partial charge in [-0.25, -0.2) is 9.48 Å². The lowest BCUT2D eigenvalue weighted by molar-refractivity contribution is -0.143. The second kappa shape index (κ2) is 4.62. The lowest BCUT2D eigenvalue weighted by Crippen LogP contribution is -2.18. The number of aromatic nitrogens is 3. The maximum Gasteiger partial charge on any atom is 0.434 e. The minimum absolute atomic E-state index is 0.150. The first-order valence-corrected chi connectivity index (χ1v) is 5.54. The van der Waals surface area contributed by atoms with Crippen LogP contribution in [0.25, 0.3) is 5.69 Å². The highest BCUT2D eigenvalue weighted by Crippen LogP contribution is 2.34. The maximum atomic E-state index is 13.1. The largest absolute Gasteiger partial charge is 0.478 e. The number of alkyl halides is 3. The van der Waals surface area contributed by atoms with Crippen LogP contribution in [0.1, 0.15) is 27.3 Å². The van der Waals surface area contributed by atoms with Crippen LogP contribution >= 0.6 is 0 Å². The summed E-state index contributed by atoms with van der Waals surface area (Å²) in [5.41, 5.74) is -0.997. The van der Waals surface area contributed by atoms with Gasteiger partial charge in [-0.05, 0) is 25.5 Å². The molecule has 0 aliphatic heterocycles. The molecule has 0 radical (unpaired) electrons. The second-order valence-corrected chi connectivity index (χ2v) is 4.16. The van der Waals surface area contributed by atoms with Gasteiger partial charge in [-0.2, -0.15) is 18.3 Å². The number of hydrogen-bond donors (Lipinski definition) is 1. The van der Waals surface area contributed by atoms with Crippen LogP contribution in [0.15, 0.2) is 18.5 Å². The number of rotatable bonds is 2. The fourth-order valence-corrected chi connectivity index (χ4v) is 1.82. The molecule has 0 aliphatic carbocycles. The topological polar surface area (TPSA) is 68.0 Å². The molecule has 8 heteroatoms. The Kier molecular flexibility index (Phi) is 3.24. The van der Waals surface area contributed by atoms with E-state index < -0.39 is 23.4 Å². The van der Waals surface area contributed by atoms with Crippen molar-refractivity contribution in [1.29, 1.82) is 0 Å². The van der Waals surface area contributed by atoms with E-state index in [2.05, 4.69) is 10.1 Å². The molecule has 0 aliphatic rings. The molecule has 5 nitrogen and oxygen atoms in total. The van der Waals surface area contributed by atoms with Crippen molar-refractivity contribution in [2.24, 2.45) is 0 Å². The van der Waals surface area contributed by atoms with Gasteiger partial charge in [0.25, 0.3) is 0 Å². The summed E-state index contributed by atoms with van der Waals surface area (Å²) in [6.45, 7) is 3.24. The summed E-state index contributed by atoms with van der Waals surface area (Å²) in [6.07, 6.45) is -2.78. The molecular weight excluding hydrogens is 275 g/mol. The molecule has 106 valence electrons. The van der Waals surface area contributed by atoms with E-state index in [1.807, 2.05) is 0 Å². The lowest BCUT2D eigenvalue weighted by Gasteiger charge is -2.14. The molecule has 1 N–H and O–H groups in total. The average Bonchev–Trinajstić information content (AvgIpc) is 2.77.